The SMILES string of the molecule is CC(CC(C)(N)CO)Oc1c(F)c(F)c(F)c(F)c1F. The molecule has 114 valence electrons. The molecular formula is C12H14F5NO2. The van der Waals surface area contributed by atoms with E-state index in [0.29, 0.717) is 0 Å². The van der Waals surface area contributed by atoms with Crippen LogP contribution < -0.4 is 10.5 Å². The van der Waals surface area contributed by atoms with Gasteiger partial charge < -0.3 is 15.6 Å². The van der Waals surface area contributed by atoms with Crippen molar-refractivity contribution in [2.24, 2.45) is 5.73 Å². The predicted octanol–water partition coefficient (Wildman–Crippen LogP) is 2.25. The van der Waals surface area contributed by atoms with Gasteiger partial charge in [-0.3, -0.25) is 0 Å². The van der Waals surface area contributed by atoms with Gasteiger partial charge in [0, 0.05) is 12.0 Å². The molecule has 0 fully saturated rings. The van der Waals surface area contributed by atoms with E-state index in [1.807, 2.05) is 0 Å². The van der Waals surface area contributed by atoms with E-state index in [-0.39, 0.29) is 6.42 Å². The quantitative estimate of drug-likeness (QED) is 0.498. The van der Waals surface area contributed by atoms with Crippen molar-refractivity contribution in [1.29, 1.82) is 0 Å². The molecule has 1 aromatic rings. The van der Waals surface area contributed by atoms with Crippen molar-refractivity contribution in [3.05, 3.63) is 29.1 Å². The number of aliphatic hydroxyl groups is 1. The Morgan fingerprint density at radius 2 is 1.45 bits per heavy atom. The van der Waals surface area contributed by atoms with E-state index >= 15 is 0 Å². The van der Waals surface area contributed by atoms with Gasteiger partial charge in [-0.2, -0.15) is 8.78 Å². The monoisotopic (exact) mass is 299 g/mol. The van der Waals surface area contributed by atoms with E-state index < -0.39 is 53.1 Å². The van der Waals surface area contributed by atoms with Crippen molar-refractivity contribution < 1.29 is 31.8 Å². The maximum atomic E-state index is 13.4. The number of hydrogen-bond acceptors (Lipinski definition) is 3. The molecule has 0 amide bonds. The van der Waals surface area contributed by atoms with Gasteiger partial charge in [0.25, 0.3) is 0 Å². The minimum atomic E-state index is -2.25. The summed E-state index contributed by atoms with van der Waals surface area (Å²) in [5, 5.41) is 8.94. The minimum absolute atomic E-state index is 0.0526. The molecule has 3 N–H and O–H groups in total. The average molecular weight is 299 g/mol. The zero-order valence-corrected chi connectivity index (χ0v) is 10.8. The lowest BCUT2D eigenvalue weighted by Crippen LogP contribution is -2.43. The Morgan fingerprint density at radius 3 is 1.85 bits per heavy atom. The molecule has 2 unspecified atom stereocenters. The summed E-state index contributed by atoms with van der Waals surface area (Å²) in [6.45, 7) is 2.35. The van der Waals surface area contributed by atoms with Crippen LogP contribution in [0.1, 0.15) is 20.3 Å². The zero-order chi connectivity index (χ0) is 15.7. The molecule has 0 spiro atoms. The second-order valence-corrected chi connectivity index (χ2v) is 4.84. The molecule has 0 radical (unpaired) electrons. The summed E-state index contributed by atoms with van der Waals surface area (Å²) in [6.07, 6.45) is -1.02. The molecule has 1 rings (SSSR count). The molecule has 2 atom stereocenters. The third kappa shape index (κ3) is 3.37. The number of rotatable bonds is 5. The standard InChI is InChI=1S/C12H14F5NO2/c1-5(3-12(2,18)4-19)20-11-9(16)7(14)6(13)8(15)10(11)17/h5,19H,3-4,18H2,1-2H3. The largest absolute Gasteiger partial charge is 0.484 e. The summed E-state index contributed by atoms with van der Waals surface area (Å²) in [5.74, 6) is -11.9. The van der Waals surface area contributed by atoms with Crippen LogP contribution in [0.3, 0.4) is 0 Å². The smallest absolute Gasteiger partial charge is 0.206 e. The first kappa shape index (κ1) is 16.6. The van der Waals surface area contributed by atoms with Crippen molar-refractivity contribution in [2.75, 3.05) is 6.61 Å². The fourth-order valence-electron chi connectivity index (χ4n) is 1.65. The highest BCUT2D eigenvalue weighted by Gasteiger charge is 2.29. The molecule has 20 heavy (non-hydrogen) atoms. The Bertz CT molecular complexity index is 478. The van der Waals surface area contributed by atoms with Crippen molar-refractivity contribution in [3.8, 4) is 5.75 Å². The van der Waals surface area contributed by atoms with Crippen LogP contribution in [-0.4, -0.2) is 23.4 Å². The highest BCUT2D eigenvalue weighted by molar-refractivity contribution is 5.30. The van der Waals surface area contributed by atoms with Crippen LogP contribution in [0, 0.1) is 29.1 Å². The van der Waals surface area contributed by atoms with E-state index in [2.05, 4.69) is 0 Å². The average Bonchev–Trinajstić information content (AvgIpc) is 2.38. The molecule has 0 heterocycles. The van der Waals surface area contributed by atoms with E-state index in [0.717, 1.165) is 0 Å². The first-order chi connectivity index (χ1) is 9.10. The number of hydrogen-bond donors (Lipinski definition) is 2. The molecule has 3 nitrogen and oxygen atoms in total. The van der Waals surface area contributed by atoms with Crippen LogP contribution in [0.2, 0.25) is 0 Å². The normalized spacial score (nSPS) is 15.8. The van der Waals surface area contributed by atoms with E-state index in [4.69, 9.17) is 15.6 Å². The van der Waals surface area contributed by atoms with Crippen LogP contribution in [0.5, 0.6) is 5.75 Å². The fraction of sp³-hybridized carbons (Fsp3) is 0.500. The molecule has 1 aromatic carbocycles. The summed E-state index contributed by atoms with van der Waals surface area (Å²) in [5.41, 5.74) is 4.50. The maximum Gasteiger partial charge on any atom is 0.206 e. The Labute approximate surface area is 112 Å². The van der Waals surface area contributed by atoms with Crippen molar-refractivity contribution >= 4 is 0 Å². The van der Waals surface area contributed by atoms with Crippen molar-refractivity contribution in [2.45, 2.75) is 31.9 Å². The number of nitrogens with two attached hydrogens (primary N) is 1. The molecule has 0 aliphatic carbocycles. The Hall–Kier alpha value is -1.41. The molecule has 0 aliphatic rings. The molecular weight excluding hydrogens is 285 g/mol. The fourth-order valence-corrected chi connectivity index (χ4v) is 1.65. The van der Waals surface area contributed by atoms with Crippen LogP contribution in [-0.2, 0) is 0 Å². The van der Waals surface area contributed by atoms with Gasteiger partial charge >= 0.3 is 0 Å². The number of ether oxygens (including phenoxy) is 1. The highest BCUT2D eigenvalue weighted by atomic mass is 19.2. The summed E-state index contributed by atoms with van der Waals surface area (Å²) in [4.78, 5) is 0. The first-order valence-electron chi connectivity index (χ1n) is 5.68. The van der Waals surface area contributed by atoms with Gasteiger partial charge in [-0.1, -0.05) is 0 Å². The first-order valence-corrected chi connectivity index (χ1v) is 5.68. The predicted molar refractivity (Wildman–Crippen MR) is 60.6 cm³/mol. The Balaban J connectivity index is 3.05. The second-order valence-electron chi connectivity index (χ2n) is 4.84. The molecule has 0 bridgehead atoms. The third-order valence-electron chi connectivity index (χ3n) is 2.60. The van der Waals surface area contributed by atoms with Gasteiger partial charge in [0.15, 0.2) is 5.75 Å². The maximum absolute atomic E-state index is 13.4. The van der Waals surface area contributed by atoms with Crippen LogP contribution in [0.4, 0.5) is 22.0 Å². The highest BCUT2D eigenvalue weighted by Crippen LogP contribution is 2.30. The lowest BCUT2D eigenvalue weighted by molar-refractivity contribution is 0.124. The van der Waals surface area contributed by atoms with Crippen LogP contribution >= 0.6 is 0 Å². The molecule has 0 saturated heterocycles. The van der Waals surface area contributed by atoms with Gasteiger partial charge in [0.05, 0.1) is 12.7 Å². The van der Waals surface area contributed by atoms with Gasteiger partial charge in [-0.25, -0.2) is 13.2 Å². The van der Waals surface area contributed by atoms with Crippen LogP contribution in [0.25, 0.3) is 0 Å². The molecule has 0 aliphatic heterocycles. The Kier molecular flexibility index (Phi) is 4.93. The zero-order valence-electron chi connectivity index (χ0n) is 10.8. The van der Waals surface area contributed by atoms with Crippen molar-refractivity contribution in [3.63, 3.8) is 0 Å². The Morgan fingerprint density at radius 1 is 1.05 bits per heavy atom. The lowest BCUT2D eigenvalue weighted by Gasteiger charge is -2.26. The summed E-state index contributed by atoms with van der Waals surface area (Å²) < 4.78 is 70.2. The van der Waals surface area contributed by atoms with Gasteiger partial charge in [-0.15, -0.1) is 0 Å². The second kappa shape index (κ2) is 5.92. The number of aliphatic hydroxyl groups excluding tert-OH is 1. The van der Waals surface area contributed by atoms with E-state index in [9.17, 15) is 22.0 Å². The van der Waals surface area contributed by atoms with E-state index in [1.165, 1.54) is 13.8 Å². The van der Waals surface area contributed by atoms with Crippen molar-refractivity contribution in [1.82, 2.24) is 0 Å². The summed E-state index contributed by atoms with van der Waals surface area (Å²) in [6, 6.07) is 0. The van der Waals surface area contributed by atoms with Crippen LogP contribution in [0.15, 0.2) is 0 Å². The number of halogens is 5. The third-order valence-corrected chi connectivity index (χ3v) is 2.60. The van der Waals surface area contributed by atoms with Gasteiger partial charge in [-0.05, 0) is 13.8 Å². The summed E-state index contributed by atoms with van der Waals surface area (Å²) >= 11 is 0. The molecule has 8 heteroatoms. The number of benzene rings is 1. The topological polar surface area (TPSA) is 55.5 Å². The van der Waals surface area contributed by atoms with Gasteiger partial charge in [0.1, 0.15) is 0 Å². The summed E-state index contributed by atoms with van der Waals surface area (Å²) in [7, 11) is 0. The lowest BCUT2D eigenvalue weighted by atomic mass is 9.97. The van der Waals surface area contributed by atoms with Gasteiger partial charge in [0.2, 0.25) is 29.1 Å². The minimum Gasteiger partial charge on any atom is -0.484 e. The molecule has 0 aromatic heterocycles. The molecule has 0 saturated carbocycles. The van der Waals surface area contributed by atoms with E-state index in [1.54, 1.807) is 0 Å².